The number of hydrogen-bond donors (Lipinski definition) is 2. The molecular weight excluding hydrogens is 279 g/mol. The van der Waals surface area contributed by atoms with E-state index in [0.717, 1.165) is 32.7 Å². The van der Waals surface area contributed by atoms with E-state index in [4.69, 9.17) is 0 Å². The first kappa shape index (κ1) is 13.4. The van der Waals surface area contributed by atoms with E-state index in [0.29, 0.717) is 5.56 Å². The van der Waals surface area contributed by atoms with Crippen molar-refractivity contribution in [1.82, 2.24) is 0 Å². The standard InChI is InChI=1S/C19H15FO2/c1-10-16-9-13(20)4-2-11(16)8-12-3-5-15-14(18(10)12)6-7-17(21)19(15)22/h2-9,17,19,21-22H,1H3/t17-,19-/m0/s1. The Hall–Kier alpha value is -2.23. The van der Waals surface area contributed by atoms with Crippen molar-refractivity contribution in [2.75, 3.05) is 0 Å². The summed E-state index contributed by atoms with van der Waals surface area (Å²) in [6, 6.07) is 10.6. The number of aryl methyl sites for hydroxylation is 1. The van der Waals surface area contributed by atoms with Crippen LogP contribution in [-0.4, -0.2) is 16.3 Å². The summed E-state index contributed by atoms with van der Waals surface area (Å²) in [5.41, 5.74) is 2.59. The molecule has 0 aromatic heterocycles. The predicted octanol–water partition coefficient (Wildman–Crippen LogP) is 3.86. The van der Waals surface area contributed by atoms with Gasteiger partial charge in [0.05, 0.1) is 0 Å². The van der Waals surface area contributed by atoms with Crippen LogP contribution in [0.15, 0.2) is 42.5 Å². The molecule has 0 aliphatic heterocycles. The molecule has 4 rings (SSSR count). The first-order valence-corrected chi connectivity index (χ1v) is 7.26. The second-order valence-electron chi connectivity index (χ2n) is 5.83. The third-order valence-corrected chi connectivity index (χ3v) is 4.52. The lowest BCUT2D eigenvalue weighted by Gasteiger charge is -2.24. The Bertz CT molecular complexity index is 943. The lowest BCUT2D eigenvalue weighted by Crippen LogP contribution is -2.19. The molecule has 3 aromatic rings. The molecule has 2 nitrogen and oxygen atoms in total. The highest BCUT2D eigenvalue weighted by molar-refractivity contribution is 6.06. The van der Waals surface area contributed by atoms with Crippen molar-refractivity contribution in [2.24, 2.45) is 0 Å². The minimum absolute atomic E-state index is 0.259. The molecule has 0 amide bonds. The summed E-state index contributed by atoms with van der Waals surface area (Å²) in [5.74, 6) is -0.259. The van der Waals surface area contributed by atoms with Crippen LogP contribution in [-0.2, 0) is 0 Å². The summed E-state index contributed by atoms with van der Waals surface area (Å²) < 4.78 is 13.6. The molecule has 1 aliphatic rings. The first-order chi connectivity index (χ1) is 10.6. The van der Waals surface area contributed by atoms with Gasteiger partial charge in [0, 0.05) is 0 Å². The maximum atomic E-state index is 13.6. The molecule has 2 N–H and O–H groups in total. The fourth-order valence-corrected chi connectivity index (χ4v) is 3.39. The number of halogens is 1. The minimum atomic E-state index is -0.924. The summed E-state index contributed by atoms with van der Waals surface area (Å²) in [6.07, 6.45) is 1.63. The highest BCUT2D eigenvalue weighted by atomic mass is 19.1. The smallest absolute Gasteiger partial charge is 0.123 e. The van der Waals surface area contributed by atoms with Crippen LogP contribution in [0, 0.1) is 12.7 Å². The molecular formula is C19H15FO2. The molecule has 0 saturated heterocycles. The summed E-state index contributed by atoms with van der Waals surface area (Å²) in [6.45, 7) is 1.97. The maximum absolute atomic E-state index is 13.6. The quantitative estimate of drug-likeness (QED) is 0.618. The van der Waals surface area contributed by atoms with Crippen LogP contribution in [0.3, 0.4) is 0 Å². The normalized spacial score (nSPS) is 20.5. The zero-order valence-electron chi connectivity index (χ0n) is 12.0. The second kappa shape index (κ2) is 4.63. The van der Waals surface area contributed by atoms with Gasteiger partial charge in [-0.1, -0.05) is 30.4 Å². The van der Waals surface area contributed by atoms with Crippen LogP contribution < -0.4 is 0 Å². The number of fused-ring (bicyclic) bond motifs is 4. The molecule has 22 heavy (non-hydrogen) atoms. The maximum Gasteiger partial charge on any atom is 0.123 e. The van der Waals surface area contributed by atoms with Gasteiger partial charge in [-0.3, -0.25) is 0 Å². The summed E-state index contributed by atoms with van der Waals surface area (Å²) in [4.78, 5) is 0. The van der Waals surface area contributed by atoms with E-state index in [1.54, 1.807) is 18.2 Å². The second-order valence-corrected chi connectivity index (χ2v) is 5.83. The highest BCUT2D eigenvalue weighted by Crippen LogP contribution is 2.37. The monoisotopic (exact) mass is 294 g/mol. The molecule has 0 heterocycles. The highest BCUT2D eigenvalue weighted by Gasteiger charge is 2.24. The zero-order chi connectivity index (χ0) is 15.4. The van der Waals surface area contributed by atoms with E-state index >= 15 is 0 Å². The minimum Gasteiger partial charge on any atom is -0.386 e. The Labute approximate surface area is 127 Å². The Balaban J connectivity index is 2.15. The van der Waals surface area contributed by atoms with Crippen LogP contribution in [0.1, 0.15) is 22.8 Å². The number of benzene rings is 3. The van der Waals surface area contributed by atoms with Crippen LogP contribution in [0.4, 0.5) is 4.39 Å². The average molecular weight is 294 g/mol. The van der Waals surface area contributed by atoms with Crippen molar-refractivity contribution < 1.29 is 14.6 Å². The molecule has 0 unspecified atom stereocenters. The van der Waals surface area contributed by atoms with Crippen LogP contribution in [0.5, 0.6) is 0 Å². The molecule has 0 bridgehead atoms. The lowest BCUT2D eigenvalue weighted by molar-refractivity contribution is 0.0471. The van der Waals surface area contributed by atoms with Crippen LogP contribution >= 0.6 is 0 Å². The molecule has 3 heteroatoms. The van der Waals surface area contributed by atoms with Crippen molar-refractivity contribution in [3.05, 3.63) is 65.0 Å². The van der Waals surface area contributed by atoms with Crippen LogP contribution in [0.2, 0.25) is 0 Å². The van der Waals surface area contributed by atoms with E-state index in [-0.39, 0.29) is 5.82 Å². The van der Waals surface area contributed by atoms with E-state index in [1.807, 2.05) is 31.2 Å². The van der Waals surface area contributed by atoms with Gasteiger partial charge >= 0.3 is 0 Å². The lowest BCUT2D eigenvalue weighted by atomic mass is 9.86. The van der Waals surface area contributed by atoms with E-state index in [1.165, 1.54) is 6.07 Å². The van der Waals surface area contributed by atoms with Gasteiger partial charge in [0.2, 0.25) is 0 Å². The number of aliphatic hydroxyl groups excluding tert-OH is 2. The zero-order valence-corrected chi connectivity index (χ0v) is 12.0. The Morgan fingerprint density at radius 1 is 1.00 bits per heavy atom. The SMILES string of the molecule is Cc1c2cc(F)ccc2cc2ccc3c(c12)C=C[C@H](O)[C@H]3O. The van der Waals surface area contributed by atoms with Crippen molar-refractivity contribution in [1.29, 1.82) is 0 Å². The van der Waals surface area contributed by atoms with Gasteiger partial charge in [0.15, 0.2) is 0 Å². The molecule has 1 aliphatic carbocycles. The molecule has 0 fully saturated rings. The van der Waals surface area contributed by atoms with Gasteiger partial charge in [0.25, 0.3) is 0 Å². The molecule has 0 saturated carbocycles. The van der Waals surface area contributed by atoms with Crippen LogP contribution in [0.25, 0.3) is 27.6 Å². The summed E-state index contributed by atoms with van der Waals surface area (Å²) in [5, 5.41) is 23.9. The predicted molar refractivity (Wildman–Crippen MR) is 86.1 cm³/mol. The van der Waals surface area contributed by atoms with Gasteiger partial charge in [-0.2, -0.15) is 0 Å². The van der Waals surface area contributed by atoms with Crippen molar-refractivity contribution >= 4 is 27.6 Å². The largest absolute Gasteiger partial charge is 0.386 e. The van der Waals surface area contributed by atoms with E-state index < -0.39 is 12.2 Å². The average Bonchev–Trinajstić information content (AvgIpc) is 2.51. The topological polar surface area (TPSA) is 40.5 Å². The molecule has 0 spiro atoms. The number of rotatable bonds is 0. The Morgan fingerprint density at radius 3 is 2.59 bits per heavy atom. The van der Waals surface area contributed by atoms with Gasteiger partial charge < -0.3 is 10.2 Å². The molecule has 0 radical (unpaired) electrons. The number of hydrogen-bond acceptors (Lipinski definition) is 2. The Morgan fingerprint density at radius 2 is 1.77 bits per heavy atom. The summed E-state index contributed by atoms with van der Waals surface area (Å²) in [7, 11) is 0. The fourth-order valence-electron chi connectivity index (χ4n) is 3.39. The molecule has 3 aromatic carbocycles. The molecule has 2 atom stereocenters. The van der Waals surface area contributed by atoms with Gasteiger partial charge in [-0.15, -0.1) is 0 Å². The number of aliphatic hydroxyl groups is 2. The van der Waals surface area contributed by atoms with Gasteiger partial charge in [0.1, 0.15) is 18.0 Å². The van der Waals surface area contributed by atoms with Crippen molar-refractivity contribution in [2.45, 2.75) is 19.1 Å². The van der Waals surface area contributed by atoms with Gasteiger partial charge in [-0.05, 0) is 63.4 Å². The fraction of sp³-hybridized carbons (Fsp3) is 0.158. The summed E-state index contributed by atoms with van der Waals surface area (Å²) >= 11 is 0. The van der Waals surface area contributed by atoms with Crippen molar-refractivity contribution in [3.8, 4) is 0 Å². The van der Waals surface area contributed by atoms with Crippen molar-refractivity contribution in [3.63, 3.8) is 0 Å². The Kier molecular flexibility index (Phi) is 2.83. The van der Waals surface area contributed by atoms with Gasteiger partial charge in [-0.25, -0.2) is 4.39 Å². The third-order valence-electron chi connectivity index (χ3n) is 4.52. The molecule has 110 valence electrons. The third kappa shape index (κ3) is 1.79. The van der Waals surface area contributed by atoms with E-state index in [9.17, 15) is 14.6 Å². The first-order valence-electron chi connectivity index (χ1n) is 7.26. The van der Waals surface area contributed by atoms with E-state index in [2.05, 4.69) is 0 Å².